The van der Waals surface area contributed by atoms with Crippen molar-refractivity contribution in [1.82, 2.24) is 0 Å². The fourth-order valence-electron chi connectivity index (χ4n) is 2.45. The zero-order valence-electron chi connectivity index (χ0n) is 12.9. The third-order valence-electron chi connectivity index (χ3n) is 3.68. The second-order valence-electron chi connectivity index (χ2n) is 5.35. The van der Waals surface area contributed by atoms with Gasteiger partial charge in [-0.2, -0.15) is 0 Å². The summed E-state index contributed by atoms with van der Waals surface area (Å²) in [5.41, 5.74) is 2.22. The van der Waals surface area contributed by atoms with E-state index in [1.165, 1.54) is 0 Å². The van der Waals surface area contributed by atoms with Gasteiger partial charge >= 0.3 is 6.03 Å². The van der Waals surface area contributed by atoms with Crippen molar-refractivity contribution in [3.8, 4) is 0 Å². The quantitative estimate of drug-likeness (QED) is 0.843. The summed E-state index contributed by atoms with van der Waals surface area (Å²) in [5.74, 6) is 0. The summed E-state index contributed by atoms with van der Waals surface area (Å²) < 4.78 is 5.36. The molecular weight excluding hydrogens is 349 g/mol. The number of hydrogen-bond donors (Lipinski definition) is 2. The highest BCUT2D eigenvalue weighted by Gasteiger charge is 2.14. The Kier molecular flexibility index (Phi) is 5.45. The number of halogens is 2. The van der Waals surface area contributed by atoms with E-state index in [1.807, 2.05) is 12.1 Å². The third kappa shape index (κ3) is 4.32. The molecule has 24 heavy (non-hydrogen) atoms. The Morgan fingerprint density at radius 3 is 2.42 bits per heavy atom. The number of urea groups is 1. The normalized spacial score (nSPS) is 14.3. The summed E-state index contributed by atoms with van der Waals surface area (Å²) in [4.78, 5) is 14.4. The molecule has 126 valence electrons. The Labute approximate surface area is 150 Å². The lowest BCUT2D eigenvalue weighted by molar-refractivity contribution is 0.122. The Morgan fingerprint density at radius 2 is 1.71 bits per heavy atom. The van der Waals surface area contributed by atoms with Gasteiger partial charge in [0.2, 0.25) is 0 Å². The van der Waals surface area contributed by atoms with Gasteiger partial charge < -0.3 is 20.3 Å². The van der Waals surface area contributed by atoms with Crippen LogP contribution in [0.5, 0.6) is 0 Å². The number of benzene rings is 2. The minimum Gasteiger partial charge on any atom is -0.378 e. The van der Waals surface area contributed by atoms with Crippen LogP contribution in [0.1, 0.15) is 0 Å². The van der Waals surface area contributed by atoms with Crippen LogP contribution in [0.2, 0.25) is 10.0 Å². The third-order valence-corrected chi connectivity index (χ3v) is 4.26. The van der Waals surface area contributed by atoms with Crippen LogP contribution in [-0.4, -0.2) is 32.3 Å². The van der Waals surface area contributed by atoms with E-state index in [-0.39, 0.29) is 6.03 Å². The molecule has 2 N–H and O–H groups in total. The molecule has 0 unspecified atom stereocenters. The van der Waals surface area contributed by atoms with Crippen LogP contribution in [0.3, 0.4) is 0 Å². The largest absolute Gasteiger partial charge is 0.378 e. The van der Waals surface area contributed by atoms with E-state index < -0.39 is 0 Å². The average molecular weight is 366 g/mol. The maximum absolute atomic E-state index is 12.2. The second-order valence-corrected chi connectivity index (χ2v) is 6.19. The van der Waals surface area contributed by atoms with Gasteiger partial charge in [-0.05, 0) is 42.5 Å². The van der Waals surface area contributed by atoms with Gasteiger partial charge in [0.05, 0.1) is 23.9 Å². The minimum absolute atomic E-state index is 0.363. The van der Waals surface area contributed by atoms with Crippen LogP contribution >= 0.6 is 23.2 Å². The molecule has 0 aliphatic carbocycles. The number of anilines is 3. The van der Waals surface area contributed by atoms with Crippen molar-refractivity contribution in [2.45, 2.75) is 0 Å². The maximum atomic E-state index is 12.2. The van der Waals surface area contributed by atoms with Crippen LogP contribution in [0.15, 0.2) is 42.5 Å². The van der Waals surface area contributed by atoms with E-state index >= 15 is 0 Å². The molecule has 0 saturated carbocycles. The summed E-state index contributed by atoms with van der Waals surface area (Å²) in [6.45, 7) is 3.03. The molecule has 0 atom stereocenters. The highest BCUT2D eigenvalue weighted by atomic mass is 35.5. The Balaban J connectivity index is 1.69. The van der Waals surface area contributed by atoms with Gasteiger partial charge in [-0.3, -0.25) is 0 Å². The molecule has 1 saturated heterocycles. The van der Waals surface area contributed by atoms with Crippen molar-refractivity contribution in [3.05, 3.63) is 52.5 Å². The molecule has 3 rings (SSSR count). The Hall–Kier alpha value is -1.95. The number of nitrogens with one attached hydrogen (secondary N) is 2. The lowest BCUT2D eigenvalue weighted by atomic mass is 10.2. The Morgan fingerprint density at radius 1 is 1.00 bits per heavy atom. The van der Waals surface area contributed by atoms with Gasteiger partial charge in [0.25, 0.3) is 0 Å². The summed E-state index contributed by atoms with van der Waals surface area (Å²) in [5, 5.41) is 6.62. The number of carbonyl (C=O) groups excluding carboxylic acids is 1. The highest BCUT2D eigenvalue weighted by molar-refractivity contribution is 6.34. The first-order valence-corrected chi connectivity index (χ1v) is 8.33. The number of amides is 2. The standard InChI is InChI=1S/C17H17Cl2N3O2/c18-12-1-3-13(4-2-12)20-17(23)21-16-11-14(5-6-15(16)19)22-7-9-24-10-8-22/h1-6,11H,7-10H2,(H2,20,21,23). The maximum Gasteiger partial charge on any atom is 0.323 e. The molecule has 1 aliphatic rings. The number of morpholine rings is 1. The molecule has 2 aromatic rings. The van der Waals surface area contributed by atoms with Gasteiger partial charge in [0.1, 0.15) is 0 Å². The van der Waals surface area contributed by atoms with Crippen LogP contribution in [-0.2, 0) is 4.74 Å². The first-order chi connectivity index (χ1) is 11.6. The zero-order valence-corrected chi connectivity index (χ0v) is 14.4. The van der Waals surface area contributed by atoms with Gasteiger partial charge in [-0.1, -0.05) is 23.2 Å². The van der Waals surface area contributed by atoms with Gasteiger partial charge in [0.15, 0.2) is 0 Å². The van der Waals surface area contributed by atoms with Crippen molar-refractivity contribution in [2.24, 2.45) is 0 Å². The number of rotatable bonds is 3. The van der Waals surface area contributed by atoms with Crippen LogP contribution < -0.4 is 15.5 Å². The van der Waals surface area contributed by atoms with Gasteiger partial charge in [-0.25, -0.2) is 4.79 Å². The monoisotopic (exact) mass is 365 g/mol. The molecule has 1 aliphatic heterocycles. The first-order valence-electron chi connectivity index (χ1n) is 7.57. The number of ether oxygens (including phenoxy) is 1. The molecule has 0 aromatic heterocycles. The second kappa shape index (κ2) is 7.75. The van der Waals surface area contributed by atoms with Crippen molar-refractivity contribution >= 4 is 46.3 Å². The van der Waals surface area contributed by atoms with Crippen molar-refractivity contribution in [1.29, 1.82) is 0 Å². The molecule has 2 amide bonds. The molecule has 1 heterocycles. The lowest BCUT2D eigenvalue weighted by Gasteiger charge is -2.29. The van der Waals surface area contributed by atoms with Crippen LogP contribution in [0.25, 0.3) is 0 Å². The van der Waals surface area contributed by atoms with Crippen LogP contribution in [0.4, 0.5) is 21.9 Å². The van der Waals surface area contributed by atoms with Crippen molar-refractivity contribution in [3.63, 3.8) is 0 Å². The van der Waals surface area contributed by atoms with E-state index in [1.54, 1.807) is 30.3 Å². The molecule has 5 nitrogen and oxygen atoms in total. The fourth-order valence-corrected chi connectivity index (χ4v) is 2.74. The predicted molar refractivity (Wildman–Crippen MR) is 98.6 cm³/mol. The molecule has 7 heteroatoms. The summed E-state index contributed by atoms with van der Waals surface area (Å²) >= 11 is 12.0. The first kappa shape index (κ1) is 16.9. The molecule has 0 spiro atoms. The molecule has 0 radical (unpaired) electrons. The number of hydrogen-bond acceptors (Lipinski definition) is 3. The van der Waals surface area contributed by atoms with E-state index in [0.717, 1.165) is 18.8 Å². The SMILES string of the molecule is O=C(Nc1ccc(Cl)cc1)Nc1cc(N2CCOCC2)ccc1Cl. The van der Waals surface area contributed by atoms with E-state index in [4.69, 9.17) is 27.9 Å². The molecular formula is C17H17Cl2N3O2. The number of carbonyl (C=O) groups is 1. The fraction of sp³-hybridized carbons (Fsp3) is 0.235. The van der Waals surface area contributed by atoms with Crippen LogP contribution in [0, 0.1) is 0 Å². The summed E-state index contributed by atoms with van der Waals surface area (Å²) in [6, 6.07) is 12.1. The van der Waals surface area contributed by atoms with Gasteiger partial charge in [0, 0.05) is 29.5 Å². The van der Waals surface area contributed by atoms with Crippen molar-refractivity contribution < 1.29 is 9.53 Å². The smallest absolute Gasteiger partial charge is 0.323 e. The molecule has 0 bridgehead atoms. The average Bonchev–Trinajstić information content (AvgIpc) is 2.60. The topological polar surface area (TPSA) is 53.6 Å². The highest BCUT2D eigenvalue weighted by Crippen LogP contribution is 2.28. The summed E-state index contributed by atoms with van der Waals surface area (Å²) in [7, 11) is 0. The minimum atomic E-state index is -0.363. The van der Waals surface area contributed by atoms with Crippen molar-refractivity contribution in [2.75, 3.05) is 41.8 Å². The zero-order chi connectivity index (χ0) is 16.9. The molecule has 1 fully saturated rings. The molecule has 2 aromatic carbocycles. The number of nitrogens with zero attached hydrogens (tertiary/aromatic N) is 1. The van der Waals surface area contributed by atoms with E-state index in [0.29, 0.717) is 34.6 Å². The van der Waals surface area contributed by atoms with E-state index in [9.17, 15) is 4.79 Å². The lowest BCUT2D eigenvalue weighted by Crippen LogP contribution is -2.36. The van der Waals surface area contributed by atoms with E-state index in [2.05, 4.69) is 15.5 Å². The Bertz CT molecular complexity index is 716. The van der Waals surface area contributed by atoms with Gasteiger partial charge in [-0.15, -0.1) is 0 Å². The predicted octanol–water partition coefficient (Wildman–Crippen LogP) is 4.47. The summed E-state index contributed by atoms with van der Waals surface area (Å²) in [6.07, 6.45) is 0.